The maximum atomic E-state index is 13.2. The Labute approximate surface area is 197 Å². The number of amidine groups is 1. The molecular formula is C23H28N2O7S. The number of fused-ring (bicyclic) bond motifs is 1. The molecule has 0 radical (unpaired) electrons. The smallest absolute Gasteiger partial charge is 0.338 e. The summed E-state index contributed by atoms with van der Waals surface area (Å²) < 4.78 is 21.3. The van der Waals surface area contributed by atoms with Crippen molar-refractivity contribution in [1.29, 1.82) is 0 Å². The molecule has 1 aromatic rings. The molecule has 2 heterocycles. The van der Waals surface area contributed by atoms with Gasteiger partial charge in [0.25, 0.3) is 0 Å². The topological polar surface area (TPSA) is 104 Å². The predicted molar refractivity (Wildman–Crippen MR) is 123 cm³/mol. The third-order valence-electron chi connectivity index (χ3n) is 5.10. The molecule has 2 unspecified atom stereocenters. The highest BCUT2D eigenvalue weighted by atomic mass is 32.2. The lowest BCUT2D eigenvalue weighted by Gasteiger charge is -2.33. The Morgan fingerprint density at radius 1 is 1.18 bits per heavy atom. The van der Waals surface area contributed by atoms with Gasteiger partial charge in [0.05, 0.1) is 35.8 Å². The number of aliphatic imine (C=N–C) groups is 1. The van der Waals surface area contributed by atoms with Gasteiger partial charge in [-0.1, -0.05) is 24.8 Å². The van der Waals surface area contributed by atoms with E-state index in [4.69, 9.17) is 18.9 Å². The van der Waals surface area contributed by atoms with Crippen LogP contribution in [0.5, 0.6) is 11.5 Å². The van der Waals surface area contributed by atoms with Crippen molar-refractivity contribution in [3.05, 3.63) is 35.0 Å². The number of benzene rings is 1. The molecule has 2 atom stereocenters. The molecule has 2 aliphatic heterocycles. The number of amides is 1. The molecule has 33 heavy (non-hydrogen) atoms. The summed E-state index contributed by atoms with van der Waals surface area (Å²) in [5.41, 5.74) is 1.36. The van der Waals surface area contributed by atoms with Crippen molar-refractivity contribution in [2.75, 3.05) is 26.9 Å². The zero-order valence-electron chi connectivity index (χ0n) is 19.4. The Morgan fingerprint density at radius 2 is 1.94 bits per heavy atom. The number of methoxy groups -OCH3 is 1. The van der Waals surface area contributed by atoms with E-state index in [0.717, 1.165) is 0 Å². The number of carbonyl (C=O) groups excluding carboxylic acids is 3. The molecular weight excluding hydrogens is 448 g/mol. The van der Waals surface area contributed by atoms with Crippen LogP contribution in [0.2, 0.25) is 0 Å². The van der Waals surface area contributed by atoms with Crippen molar-refractivity contribution < 1.29 is 33.3 Å². The number of esters is 2. The maximum Gasteiger partial charge on any atom is 0.338 e. The van der Waals surface area contributed by atoms with Crippen LogP contribution in [0.4, 0.5) is 0 Å². The lowest BCUT2D eigenvalue weighted by molar-refractivity contribution is -0.141. The van der Waals surface area contributed by atoms with E-state index in [1.165, 1.54) is 25.8 Å². The summed E-state index contributed by atoms with van der Waals surface area (Å²) in [7, 11) is 1.52. The molecule has 0 N–H and O–H groups in total. The van der Waals surface area contributed by atoms with Crippen LogP contribution in [0.15, 0.2) is 34.5 Å². The molecule has 178 valence electrons. The van der Waals surface area contributed by atoms with E-state index in [-0.39, 0.29) is 35.7 Å². The van der Waals surface area contributed by atoms with Crippen LogP contribution >= 0.6 is 11.8 Å². The Kier molecular flexibility index (Phi) is 8.15. The fourth-order valence-electron chi connectivity index (χ4n) is 3.66. The highest BCUT2D eigenvalue weighted by Crippen LogP contribution is 2.45. The Balaban J connectivity index is 2.10. The Bertz CT molecular complexity index is 1000. The summed E-state index contributed by atoms with van der Waals surface area (Å²) in [5, 5.41) is 0.263. The van der Waals surface area contributed by atoms with E-state index < -0.39 is 18.0 Å². The highest BCUT2D eigenvalue weighted by molar-refractivity contribution is 8.15. The lowest BCUT2D eigenvalue weighted by Crippen LogP contribution is -2.41. The molecule has 0 spiro atoms. The molecule has 0 aromatic heterocycles. The van der Waals surface area contributed by atoms with Crippen LogP contribution < -0.4 is 9.47 Å². The first-order valence-corrected chi connectivity index (χ1v) is 11.6. The first-order chi connectivity index (χ1) is 15.8. The van der Waals surface area contributed by atoms with Crippen LogP contribution in [0.3, 0.4) is 0 Å². The molecule has 0 aliphatic carbocycles. The predicted octanol–water partition coefficient (Wildman–Crippen LogP) is 3.24. The van der Waals surface area contributed by atoms with Crippen molar-refractivity contribution in [3.63, 3.8) is 0 Å². The molecule has 3 rings (SSSR count). The number of allylic oxidation sites excluding steroid dienone is 1. The van der Waals surface area contributed by atoms with Crippen LogP contribution in [-0.2, 0) is 23.9 Å². The molecule has 0 bridgehead atoms. The molecule has 0 saturated carbocycles. The van der Waals surface area contributed by atoms with Gasteiger partial charge < -0.3 is 18.9 Å². The van der Waals surface area contributed by atoms with E-state index in [1.54, 1.807) is 30.0 Å². The number of hydrogen-bond acceptors (Lipinski definition) is 9. The number of nitrogens with zero attached hydrogens (tertiary/aromatic N) is 2. The van der Waals surface area contributed by atoms with Crippen LogP contribution in [0, 0.1) is 0 Å². The molecule has 9 nitrogen and oxygen atoms in total. The zero-order chi connectivity index (χ0) is 24.1. The largest absolute Gasteiger partial charge is 0.490 e. The summed E-state index contributed by atoms with van der Waals surface area (Å²) in [5.74, 6) is -0.576. The van der Waals surface area contributed by atoms with Gasteiger partial charge in [-0.05, 0) is 38.0 Å². The van der Waals surface area contributed by atoms with Crippen LogP contribution in [-0.4, -0.2) is 60.1 Å². The molecule has 10 heteroatoms. The van der Waals surface area contributed by atoms with Gasteiger partial charge in [-0.3, -0.25) is 14.5 Å². The van der Waals surface area contributed by atoms with E-state index in [9.17, 15) is 14.4 Å². The van der Waals surface area contributed by atoms with Crippen molar-refractivity contribution in [2.24, 2.45) is 4.99 Å². The van der Waals surface area contributed by atoms with Crippen molar-refractivity contribution in [3.8, 4) is 11.5 Å². The molecule has 1 aromatic carbocycles. The second-order valence-corrected chi connectivity index (χ2v) is 8.55. The fraction of sp³-hybridized carbons (Fsp3) is 0.478. The average Bonchev–Trinajstić information content (AvgIpc) is 3.09. The van der Waals surface area contributed by atoms with Crippen molar-refractivity contribution in [1.82, 2.24) is 4.90 Å². The van der Waals surface area contributed by atoms with Gasteiger partial charge in [0, 0.05) is 14.0 Å². The number of ether oxygens (including phenoxy) is 4. The molecule has 2 aliphatic rings. The highest BCUT2D eigenvalue weighted by Gasteiger charge is 2.47. The summed E-state index contributed by atoms with van der Waals surface area (Å²) in [6.07, 6.45) is 0.633. The maximum absolute atomic E-state index is 13.2. The quantitative estimate of drug-likeness (QED) is 0.304. The summed E-state index contributed by atoms with van der Waals surface area (Å²) in [6, 6.07) is 4.24. The van der Waals surface area contributed by atoms with Gasteiger partial charge >= 0.3 is 11.9 Å². The van der Waals surface area contributed by atoms with Crippen LogP contribution in [0.25, 0.3) is 0 Å². The minimum atomic E-state index is -0.755. The first-order valence-electron chi connectivity index (χ1n) is 10.7. The summed E-state index contributed by atoms with van der Waals surface area (Å²) >= 11 is 1.39. The molecule has 1 amide bonds. The summed E-state index contributed by atoms with van der Waals surface area (Å²) in [6.45, 7) is 7.44. The lowest BCUT2D eigenvalue weighted by atomic mass is 9.93. The SMILES string of the molecule is CCOc1cc(C2C(C(=O)OCCOC)=C(C)N=C3SC(CC)C(=O)N32)ccc1OC(C)=O. The van der Waals surface area contributed by atoms with E-state index in [1.807, 2.05) is 13.8 Å². The standard InChI is InChI=1S/C23H28N2O7S/c1-6-18-21(27)25-20(15-8-9-16(32-14(4)26)17(12-15)30-7-2)19(13(3)24-23(25)33-18)22(28)31-11-10-29-5/h8-9,12,18,20H,6-7,10-11H2,1-5H3. The van der Waals surface area contributed by atoms with Crippen LogP contribution in [0.1, 0.15) is 45.7 Å². The minimum absolute atomic E-state index is 0.0747. The van der Waals surface area contributed by atoms with Crippen molar-refractivity contribution >= 4 is 34.8 Å². The van der Waals surface area contributed by atoms with Gasteiger partial charge in [0.1, 0.15) is 6.61 Å². The second-order valence-electron chi connectivity index (χ2n) is 7.38. The number of thioether (sulfide) groups is 1. The number of hydrogen-bond donors (Lipinski definition) is 0. The third-order valence-corrected chi connectivity index (χ3v) is 6.42. The first kappa shape index (κ1) is 24.8. The minimum Gasteiger partial charge on any atom is -0.490 e. The monoisotopic (exact) mass is 476 g/mol. The van der Waals surface area contributed by atoms with E-state index in [0.29, 0.717) is 35.2 Å². The number of rotatable bonds is 9. The van der Waals surface area contributed by atoms with Gasteiger partial charge in [-0.2, -0.15) is 0 Å². The van der Waals surface area contributed by atoms with E-state index in [2.05, 4.69) is 4.99 Å². The average molecular weight is 477 g/mol. The Hall–Kier alpha value is -2.85. The van der Waals surface area contributed by atoms with Gasteiger partial charge in [-0.15, -0.1) is 0 Å². The van der Waals surface area contributed by atoms with E-state index >= 15 is 0 Å². The normalized spacial score (nSPS) is 19.8. The summed E-state index contributed by atoms with van der Waals surface area (Å²) in [4.78, 5) is 43.9. The Morgan fingerprint density at radius 3 is 2.58 bits per heavy atom. The molecule has 1 saturated heterocycles. The zero-order valence-corrected chi connectivity index (χ0v) is 20.2. The fourth-order valence-corrected chi connectivity index (χ4v) is 4.80. The molecule has 1 fully saturated rings. The number of carbonyl (C=O) groups is 3. The second kappa shape index (κ2) is 10.8. The third kappa shape index (κ3) is 5.22. The van der Waals surface area contributed by atoms with Gasteiger partial charge in [0.15, 0.2) is 16.7 Å². The van der Waals surface area contributed by atoms with Gasteiger partial charge in [-0.25, -0.2) is 9.79 Å². The van der Waals surface area contributed by atoms with Gasteiger partial charge in [0.2, 0.25) is 5.91 Å². The van der Waals surface area contributed by atoms with Crippen molar-refractivity contribution in [2.45, 2.75) is 45.4 Å².